The Morgan fingerprint density at radius 3 is 2.50 bits per heavy atom. The highest BCUT2D eigenvalue weighted by Gasteiger charge is 2.34. The normalized spacial score (nSPS) is 24.1. The number of aryl methyl sites for hydroxylation is 2. The molecule has 0 saturated carbocycles. The van der Waals surface area contributed by atoms with Crippen molar-refractivity contribution in [3.8, 4) is 0 Å². The van der Waals surface area contributed by atoms with Gasteiger partial charge in [-0.1, -0.05) is 13.8 Å². The molecule has 0 amide bonds. The van der Waals surface area contributed by atoms with Crippen LogP contribution in [0.5, 0.6) is 0 Å². The number of nitrogens with one attached hydrogen (secondary N) is 1. The fourth-order valence-corrected chi connectivity index (χ4v) is 3.24. The summed E-state index contributed by atoms with van der Waals surface area (Å²) in [5.74, 6) is 0.381. The summed E-state index contributed by atoms with van der Waals surface area (Å²) in [4.78, 5) is 0. The van der Waals surface area contributed by atoms with Crippen molar-refractivity contribution in [2.75, 3.05) is 13.2 Å². The molecule has 1 saturated heterocycles. The van der Waals surface area contributed by atoms with Crippen LogP contribution in [0.4, 0.5) is 4.39 Å². The molecule has 0 spiro atoms. The van der Waals surface area contributed by atoms with Crippen LogP contribution in [0.1, 0.15) is 49.4 Å². The predicted octanol–water partition coefficient (Wildman–Crippen LogP) is 3.91. The van der Waals surface area contributed by atoms with E-state index in [0.29, 0.717) is 5.92 Å². The topological polar surface area (TPSA) is 21.3 Å². The average Bonchev–Trinajstić information content (AvgIpc) is 2.78. The molecule has 1 aliphatic rings. The third-order valence-corrected chi connectivity index (χ3v) is 4.26. The van der Waals surface area contributed by atoms with E-state index >= 15 is 0 Å². The summed E-state index contributed by atoms with van der Waals surface area (Å²) in [7, 11) is 0. The molecule has 3 heteroatoms. The summed E-state index contributed by atoms with van der Waals surface area (Å²) in [5.41, 5.74) is 3.23. The first-order chi connectivity index (χ1) is 9.54. The monoisotopic (exact) mass is 279 g/mol. The molecule has 1 aromatic rings. The van der Waals surface area contributed by atoms with E-state index in [2.05, 4.69) is 19.2 Å². The van der Waals surface area contributed by atoms with Crippen molar-refractivity contribution in [2.24, 2.45) is 5.92 Å². The fraction of sp³-hybridized carbons (Fsp3) is 0.647. The molecule has 1 fully saturated rings. The first kappa shape index (κ1) is 15.5. The Kier molecular flexibility index (Phi) is 5.17. The molecule has 0 bridgehead atoms. The lowest BCUT2D eigenvalue weighted by molar-refractivity contribution is 0.0603. The summed E-state index contributed by atoms with van der Waals surface area (Å²) >= 11 is 0. The molecule has 20 heavy (non-hydrogen) atoms. The van der Waals surface area contributed by atoms with Crippen LogP contribution in [0, 0.1) is 25.6 Å². The van der Waals surface area contributed by atoms with Crippen LogP contribution in [0.2, 0.25) is 0 Å². The van der Waals surface area contributed by atoms with Crippen LogP contribution >= 0.6 is 0 Å². The number of hydrogen-bond acceptors (Lipinski definition) is 2. The van der Waals surface area contributed by atoms with Crippen molar-refractivity contribution in [3.05, 3.63) is 34.6 Å². The van der Waals surface area contributed by atoms with Crippen LogP contribution < -0.4 is 5.32 Å². The Morgan fingerprint density at radius 1 is 1.35 bits per heavy atom. The van der Waals surface area contributed by atoms with E-state index in [4.69, 9.17) is 4.74 Å². The molecule has 0 aromatic heterocycles. The highest BCUT2D eigenvalue weighted by molar-refractivity contribution is 5.37. The van der Waals surface area contributed by atoms with E-state index < -0.39 is 0 Å². The molecular formula is C17H26FNO. The van der Waals surface area contributed by atoms with Crippen molar-refractivity contribution < 1.29 is 9.13 Å². The fourth-order valence-electron chi connectivity index (χ4n) is 3.24. The van der Waals surface area contributed by atoms with E-state index in [0.717, 1.165) is 37.1 Å². The van der Waals surface area contributed by atoms with Gasteiger partial charge in [-0.3, -0.25) is 0 Å². The summed E-state index contributed by atoms with van der Waals surface area (Å²) < 4.78 is 19.5. The van der Waals surface area contributed by atoms with Crippen LogP contribution in [0.25, 0.3) is 0 Å². The second-order valence-electron chi connectivity index (χ2n) is 5.99. The van der Waals surface area contributed by atoms with Gasteiger partial charge in [0, 0.05) is 6.61 Å². The molecule has 3 unspecified atom stereocenters. The Hall–Kier alpha value is -0.930. The Bertz CT molecular complexity index is 437. The summed E-state index contributed by atoms with van der Waals surface area (Å²) in [6, 6.07) is 3.42. The number of ether oxygens (including phenoxy) is 1. The molecule has 2 nitrogen and oxygen atoms in total. The third kappa shape index (κ3) is 3.21. The molecule has 1 heterocycles. The van der Waals surface area contributed by atoms with Crippen molar-refractivity contribution in [2.45, 2.75) is 52.7 Å². The lowest BCUT2D eigenvalue weighted by Crippen LogP contribution is -2.36. The van der Waals surface area contributed by atoms with E-state index in [1.54, 1.807) is 12.1 Å². The van der Waals surface area contributed by atoms with Gasteiger partial charge in [-0.05, 0) is 68.0 Å². The average molecular weight is 279 g/mol. The summed E-state index contributed by atoms with van der Waals surface area (Å²) in [6.45, 7) is 10.2. The molecule has 0 aliphatic carbocycles. The van der Waals surface area contributed by atoms with Crippen molar-refractivity contribution in [1.82, 2.24) is 5.32 Å². The minimum atomic E-state index is -0.154. The van der Waals surface area contributed by atoms with Gasteiger partial charge in [0.2, 0.25) is 0 Å². The molecule has 2 rings (SSSR count). The van der Waals surface area contributed by atoms with Gasteiger partial charge in [-0.2, -0.15) is 0 Å². The van der Waals surface area contributed by atoms with E-state index in [1.165, 1.54) is 5.56 Å². The molecule has 3 atom stereocenters. The van der Waals surface area contributed by atoms with Gasteiger partial charge in [-0.15, -0.1) is 0 Å². The largest absolute Gasteiger partial charge is 0.376 e. The van der Waals surface area contributed by atoms with Crippen LogP contribution in [-0.2, 0) is 4.74 Å². The lowest BCUT2D eigenvalue weighted by Gasteiger charge is -2.30. The standard InChI is InChI=1S/C17H26FNO/c1-5-7-19-16(17-11(2)6-8-20-17)15-12(3)9-14(18)10-13(15)4/h9-11,16-17,19H,5-8H2,1-4H3. The van der Waals surface area contributed by atoms with E-state index in [9.17, 15) is 4.39 Å². The Morgan fingerprint density at radius 2 is 2.00 bits per heavy atom. The molecule has 1 aliphatic heterocycles. The highest BCUT2D eigenvalue weighted by atomic mass is 19.1. The second kappa shape index (κ2) is 6.68. The quantitative estimate of drug-likeness (QED) is 0.882. The maximum absolute atomic E-state index is 13.5. The minimum absolute atomic E-state index is 0.154. The molecule has 1 N–H and O–H groups in total. The minimum Gasteiger partial charge on any atom is -0.376 e. The van der Waals surface area contributed by atoms with E-state index in [1.807, 2.05) is 13.8 Å². The maximum Gasteiger partial charge on any atom is 0.123 e. The molecule has 1 aromatic carbocycles. The number of benzene rings is 1. The lowest BCUT2D eigenvalue weighted by atomic mass is 9.87. The van der Waals surface area contributed by atoms with Gasteiger partial charge < -0.3 is 10.1 Å². The van der Waals surface area contributed by atoms with E-state index in [-0.39, 0.29) is 18.0 Å². The van der Waals surface area contributed by atoms with Crippen molar-refractivity contribution >= 4 is 0 Å². The van der Waals surface area contributed by atoms with Gasteiger partial charge in [0.15, 0.2) is 0 Å². The SMILES string of the molecule is CCCNC(c1c(C)cc(F)cc1C)C1OCCC1C. The number of hydrogen-bond donors (Lipinski definition) is 1. The summed E-state index contributed by atoms with van der Waals surface area (Å²) in [6.07, 6.45) is 2.37. The molecule has 0 radical (unpaired) electrons. The Balaban J connectivity index is 2.35. The number of rotatable bonds is 5. The predicted molar refractivity (Wildman–Crippen MR) is 80.4 cm³/mol. The van der Waals surface area contributed by atoms with Crippen molar-refractivity contribution in [3.63, 3.8) is 0 Å². The van der Waals surface area contributed by atoms with Crippen LogP contribution in [-0.4, -0.2) is 19.3 Å². The molecule has 112 valence electrons. The zero-order valence-corrected chi connectivity index (χ0v) is 13.0. The first-order valence-corrected chi connectivity index (χ1v) is 7.66. The van der Waals surface area contributed by atoms with Crippen molar-refractivity contribution in [1.29, 1.82) is 0 Å². The van der Waals surface area contributed by atoms with Gasteiger partial charge in [0.05, 0.1) is 12.1 Å². The third-order valence-electron chi connectivity index (χ3n) is 4.26. The van der Waals surface area contributed by atoms with Crippen LogP contribution in [0.15, 0.2) is 12.1 Å². The van der Waals surface area contributed by atoms with Gasteiger partial charge in [0.25, 0.3) is 0 Å². The van der Waals surface area contributed by atoms with Gasteiger partial charge >= 0.3 is 0 Å². The number of halogens is 1. The zero-order chi connectivity index (χ0) is 14.7. The van der Waals surface area contributed by atoms with Gasteiger partial charge in [-0.25, -0.2) is 4.39 Å². The Labute approximate surface area is 121 Å². The highest BCUT2D eigenvalue weighted by Crippen LogP contribution is 2.34. The second-order valence-corrected chi connectivity index (χ2v) is 5.99. The van der Waals surface area contributed by atoms with Crippen LogP contribution in [0.3, 0.4) is 0 Å². The first-order valence-electron chi connectivity index (χ1n) is 7.66. The zero-order valence-electron chi connectivity index (χ0n) is 13.0. The molecular weight excluding hydrogens is 253 g/mol. The van der Waals surface area contributed by atoms with Gasteiger partial charge in [0.1, 0.15) is 5.82 Å². The maximum atomic E-state index is 13.5. The summed E-state index contributed by atoms with van der Waals surface area (Å²) in [5, 5.41) is 3.61. The smallest absolute Gasteiger partial charge is 0.123 e.